The fraction of sp³-hybridized carbons (Fsp3) is 1.00. The second kappa shape index (κ2) is 12.6. The van der Waals surface area contributed by atoms with Crippen molar-refractivity contribution in [2.24, 2.45) is 23.2 Å². The van der Waals surface area contributed by atoms with E-state index in [-0.39, 0.29) is 0 Å². The molecule has 3 saturated carbocycles. The Bertz CT molecular complexity index is 333. The lowest BCUT2D eigenvalue weighted by Crippen LogP contribution is -2.47. The molecule has 0 bridgehead atoms. The second-order valence-corrected chi connectivity index (χ2v) is 11.0. The first-order valence-corrected chi connectivity index (χ1v) is 13.9. The highest BCUT2D eigenvalue weighted by Crippen LogP contribution is 2.59. The van der Waals surface area contributed by atoms with Gasteiger partial charge in [0.15, 0.2) is 0 Å². The van der Waals surface area contributed by atoms with E-state index in [1.165, 1.54) is 57.8 Å². The van der Waals surface area contributed by atoms with Gasteiger partial charge in [0.25, 0.3) is 0 Å². The van der Waals surface area contributed by atoms with E-state index in [2.05, 4.69) is 6.92 Å². The summed E-state index contributed by atoms with van der Waals surface area (Å²) in [6.07, 6.45) is 35.4. The van der Waals surface area contributed by atoms with Crippen molar-refractivity contribution >= 4 is 0 Å². The quantitative estimate of drug-likeness (QED) is 0.309. The monoisotopic (exact) mass is 388 g/mol. The van der Waals surface area contributed by atoms with Gasteiger partial charge in [-0.3, -0.25) is 0 Å². The van der Waals surface area contributed by atoms with Crippen molar-refractivity contribution in [2.45, 2.75) is 155 Å². The summed E-state index contributed by atoms with van der Waals surface area (Å²) < 4.78 is 0. The Hall–Kier alpha value is 0. The van der Waals surface area contributed by atoms with Crippen LogP contribution < -0.4 is 0 Å². The molecule has 0 aromatic carbocycles. The Labute approximate surface area is 178 Å². The van der Waals surface area contributed by atoms with E-state index < -0.39 is 0 Å². The average Bonchev–Trinajstić information content (AvgIpc) is 2.78. The van der Waals surface area contributed by atoms with Crippen LogP contribution >= 0.6 is 0 Å². The Morgan fingerprint density at radius 3 is 1.21 bits per heavy atom. The topological polar surface area (TPSA) is 0 Å². The van der Waals surface area contributed by atoms with E-state index in [9.17, 15) is 0 Å². The fourth-order valence-corrected chi connectivity index (χ4v) is 7.92. The zero-order valence-corrected chi connectivity index (χ0v) is 19.5. The van der Waals surface area contributed by atoms with Crippen LogP contribution in [-0.4, -0.2) is 0 Å². The molecule has 0 radical (unpaired) electrons. The molecule has 0 atom stereocenters. The number of hydrogen-bond donors (Lipinski definition) is 0. The molecule has 0 amide bonds. The predicted molar refractivity (Wildman–Crippen MR) is 125 cm³/mol. The van der Waals surface area contributed by atoms with E-state index in [1.807, 2.05) is 0 Å². The van der Waals surface area contributed by atoms with E-state index in [0.29, 0.717) is 0 Å². The van der Waals surface area contributed by atoms with Crippen LogP contribution in [0.15, 0.2) is 0 Å². The van der Waals surface area contributed by atoms with Gasteiger partial charge in [0.1, 0.15) is 0 Å². The molecule has 3 fully saturated rings. The molecule has 0 heterocycles. The Morgan fingerprint density at radius 1 is 0.464 bits per heavy atom. The first-order chi connectivity index (χ1) is 13.9. The molecule has 0 aliphatic heterocycles. The van der Waals surface area contributed by atoms with Crippen LogP contribution in [0.3, 0.4) is 0 Å². The molecule has 3 aliphatic carbocycles. The molecule has 0 N–H and O–H groups in total. The van der Waals surface area contributed by atoms with Gasteiger partial charge in [-0.25, -0.2) is 0 Å². The summed E-state index contributed by atoms with van der Waals surface area (Å²) in [7, 11) is 0. The largest absolute Gasteiger partial charge is 0.0654 e. The third-order valence-electron chi connectivity index (χ3n) is 9.31. The van der Waals surface area contributed by atoms with Crippen LogP contribution in [-0.2, 0) is 0 Å². The molecular formula is C28H52. The van der Waals surface area contributed by atoms with E-state index in [4.69, 9.17) is 0 Å². The minimum atomic E-state index is 0.755. The molecule has 0 heteroatoms. The highest BCUT2D eigenvalue weighted by atomic mass is 14.5. The molecule has 0 unspecified atom stereocenters. The average molecular weight is 389 g/mol. The zero-order valence-electron chi connectivity index (χ0n) is 19.5. The van der Waals surface area contributed by atoms with Crippen LogP contribution in [0.2, 0.25) is 0 Å². The normalized spacial score (nSPS) is 23.9. The van der Waals surface area contributed by atoms with Gasteiger partial charge in [-0.05, 0) is 68.1 Å². The first kappa shape index (κ1) is 22.7. The number of hydrogen-bond acceptors (Lipinski definition) is 0. The minimum absolute atomic E-state index is 0.755. The summed E-state index contributed by atoms with van der Waals surface area (Å²) in [4.78, 5) is 0. The van der Waals surface area contributed by atoms with E-state index in [0.717, 1.165) is 23.2 Å². The highest BCUT2D eigenvalue weighted by Gasteiger charge is 2.49. The summed E-state index contributed by atoms with van der Waals surface area (Å²) >= 11 is 0. The van der Waals surface area contributed by atoms with Crippen LogP contribution in [0.5, 0.6) is 0 Å². The lowest BCUT2D eigenvalue weighted by Gasteiger charge is -2.55. The maximum absolute atomic E-state index is 2.34. The van der Waals surface area contributed by atoms with Crippen LogP contribution in [0, 0.1) is 23.2 Å². The maximum Gasteiger partial charge on any atom is -0.0213 e. The number of rotatable bonds is 11. The van der Waals surface area contributed by atoms with Crippen molar-refractivity contribution in [2.75, 3.05) is 0 Å². The van der Waals surface area contributed by atoms with Crippen molar-refractivity contribution < 1.29 is 0 Å². The van der Waals surface area contributed by atoms with Gasteiger partial charge in [0, 0.05) is 0 Å². The van der Waals surface area contributed by atoms with Crippen molar-refractivity contribution in [3.63, 3.8) is 0 Å². The molecule has 3 rings (SSSR count). The highest BCUT2D eigenvalue weighted by molar-refractivity contribution is 4.99. The van der Waals surface area contributed by atoms with Crippen LogP contribution in [0.25, 0.3) is 0 Å². The lowest BCUT2D eigenvalue weighted by molar-refractivity contribution is -0.0571. The molecule has 3 aliphatic rings. The standard InChI is InChI=1S/C28H52/c1-2-3-4-5-6-7-17-24-28(25-18-11-8-12-19-25,26-20-13-9-14-21-26)27-22-15-10-16-23-27/h25-27H,2-24H2,1H3. The second-order valence-electron chi connectivity index (χ2n) is 11.0. The summed E-state index contributed by atoms with van der Waals surface area (Å²) in [5.41, 5.74) is 0.755. The zero-order chi connectivity index (χ0) is 19.5. The van der Waals surface area contributed by atoms with Crippen LogP contribution in [0.1, 0.15) is 155 Å². The third kappa shape index (κ3) is 6.01. The Balaban J connectivity index is 1.69. The summed E-state index contributed by atoms with van der Waals surface area (Å²) in [5, 5.41) is 0. The van der Waals surface area contributed by atoms with Gasteiger partial charge in [-0.15, -0.1) is 0 Å². The molecule has 28 heavy (non-hydrogen) atoms. The predicted octanol–water partition coefficient (Wildman–Crippen LogP) is 9.85. The van der Waals surface area contributed by atoms with Crippen molar-refractivity contribution in [3.05, 3.63) is 0 Å². The van der Waals surface area contributed by atoms with Crippen LogP contribution in [0.4, 0.5) is 0 Å². The first-order valence-electron chi connectivity index (χ1n) is 13.9. The minimum Gasteiger partial charge on any atom is -0.0654 e. The van der Waals surface area contributed by atoms with Crippen molar-refractivity contribution in [1.29, 1.82) is 0 Å². The van der Waals surface area contributed by atoms with E-state index in [1.54, 1.807) is 89.9 Å². The third-order valence-corrected chi connectivity index (χ3v) is 9.31. The van der Waals surface area contributed by atoms with Gasteiger partial charge in [-0.2, -0.15) is 0 Å². The smallest absolute Gasteiger partial charge is 0.0213 e. The Morgan fingerprint density at radius 2 is 0.821 bits per heavy atom. The molecule has 0 aromatic rings. The van der Waals surface area contributed by atoms with Gasteiger partial charge < -0.3 is 0 Å². The van der Waals surface area contributed by atoms with Crippen molar-refractivity contribution in [3.8, 4) is 0 Å². The molecule has 0 nitrogen and oxygen atoms in total. The number of unbranched alkanes of at least 4 members (excludes halogenated alkanes) is 6. The molecular weight excluding hydrogens is 336 g/mol. The Kier molecular flexibility index (Phi) is 10.2. The summed E-state index contributed by atoms with van der Waals surface area (Å²) in [6, 6.07) is 0. The SMILES string of the molecule is CCCCCCCCCC(C1CCCCC1)(C1CCCCC1)C1CCCCC1. The molecule has 0 spiro atoms. The lowest BCUT2D eigenvalue weighted by atomic mass is 9.50. The molecule has 164 valence electrons. The summed E-state index contributed by atoms with van der Waals surface area (Å²) in [6.45, 7) is 2.34. The van der Waals surface area contributed by atoms with Crippen molar-refractivity contribution in [1.82, 2.24) is 0 Å². The van der Waals surface area contributed by atoms with Gasteiger partial charge in [0.05, 0.1) is 0 Å². The summed E-state index contributed by atoms with van der Waals surface area (Å²) in [5.74, 6) is 3.27. The molecule has 0 aromatic heterocycles. The van der Waals surface area contributed by atoms with Gasteiger partial charge in [0.2, 0.25) is 0 Å². The van der Waals surface area contributed by atoms with Gasteiger partial charge in [-0.1, -0.05) is 110 Å². The fourth-order valence-electron chi connectivity index (χ4n) is 7.92. The maximum atomic E-state index is 2.34. The van der Waals surface area contributed by atoms with E-state index >= 15 is 0 Å². The van der Waals surface area contributed by atoms with Gasteiger partial charge >= 0.3 is 0 Å². The molecule has 0 saturated heterocycles.